The summed E-state index contributed by atoms with van der Waals surface area (Å²) in [6, 6.07) is 2.04. The maximum absolute atomic E-state index is 10.6. The van der Waals surface area contributed by atoms with Crippen LogP contribution < -0.4 is 0 Å². The second kappa shape index (κ2) is 4.65. The van der Waals surface area contributed by atoms with Crippen molar-refractivity contribution < 1.29 is 14.4 Å². The molecule has 0 radical (unpaired) electrons. The van der Waals surface area contributed by atoms with Gasteiger partial charge in [0.1, 0.15) is 0 Å². The molecule has 0 aromatic carbocycles. The van der Waals surface area contributed by atoms with E-state index in [2.05, 4.69) is 17.0 Å². The van der Waals surface area contributed by atoms with Crippen molar-refractivity contribution in [2.24, 2.45) is 0 Å². The van der Waals surface area contributed by atoms with Crippen LogP contribution in [0.2, 0.25) is 0 Å². The van der Waals surface area contributed by atoms with E-state index in [0.29, 0.717) is 18.3 Å². The van der Waals surface area contributed by atoms with Gasteiger partial charge in [0.2, 0.25) is 0 Å². The van der Waals surface area contributed by atoms with Gasteiger partial charge in [-0.1, -0.05) is 11.6 Å². The van der Waals surface area contributed by atoms with Gasteiger partial charge in [0.15, 0.2) is 11.5 Å². The Balaban J connectivity index is 1.99. The zero-order valence-corrected chi connectivity index (χ0v) is 9.35. The van der Waals surface area contributed by atoms with Crippen LogP contribution in [0.5, 0.6) is 0 Å². The Morgan fingerprint density at radius 2 is 2.50 bits per heavy atom. The van der Waals surface area contributed by atoms with Crippen molar-refractivity contribution in [3.05, 3.63) is 17.5 Å². The standard InChI is InChI=1S/C11H16N2O3/c1-8-4-2-3-5-13(8)7-9-6-10(11(14)15)12-16-9/h6,8H,2-5,7H2,1H3,(H,14,15). The summed E-state index contributed by atoms with van der Waals surface area (Å²) in [4.78, 5) is 12.9. The number of carboxylic acid groups (broad SMARTS) is 1. The summed E-state index contributed by atoms with van der Waals surface area (Å²) >= 11 is 0. The molecule has 2 heterocycles. The molecule has 1 unspecified atom stereocenters. The first-order valence-electron chi connectivity index (χ1n) is 5.60. The molecular weight excluding hydrogens is 208 g/mol. The molecule has 5 nitrogen and oxygen atoms in total. The molecule has 1 fully saturated rings. The number of carboxylic acids is 1. The Morgan fingerprint density at radius 3 is 3.12 bits per heavy atom. The number of carbonyl (C=O) groups is 1. The molecule has 1 N–H and O–H groups in total. The average Bonchev–Trinajstić information content (AvgIpc) is 2.70. The van der Waals surface area contributed by atoms with Crippen molar-refractivity contribution in [2.75, 3.05) is 6.54 Å². The van der Waals surface area contributed by atoms with Crippen LogP contribution in [0.25, 0.3) is 0 Å². The van der Waals surface area contributed by atoms with Crippen molar-refractivity contribution in [1.29, 1.82) is 0 Å². The van der Waals surface area contributed by atoms with Crippen molar-refractivity contribution in [1.82, 2.24) is 10.1 Å². The van der Waals surface area contributed by atoms with Gasteiger partial charge in [-0.2, -0.15) is 0 Å². The topological polar surface area (TPSA) is 66.6 Å². The zero-order valence-electron chi connectivity index (χ0n) is 9.35. The highest BCUT2D eigenvalue weighted by atomic mass is 16.5. The largest absolute Gasteiger partial charge is 0.476 e. The molecule has 5 heteroatoms. The average molecular weight is 224 g/mol. The first-order valence-corrected chi connectivity index (χ1v) is 5.60. The van der Waals surface area contributed by atoms with Crippen LogP contribution in [0.1, 0.15) is 42.4 Å². The number of hydrogen-bond acceptors (Lipinski definition) is 4. The number of likely N-dealkylation sites (tertiary alicyclic amines) is 1. The third-order valence-electron chi connectivity index (χ3n) is 3.08. The summed E-state index contributed by atoms with van der Waals surface area (Å²) in [5.41, 5.74) is -0.0142. The number of aromatic carboxylic acids is 1. The third-order valence-corrected chi connectivity index (χ3v) is 3.08. The van der Waals surface area contributed by atoms with Crippen molar-refractivity contribution in [3.63, 3.8) is 0 Å². The fourth-order valence-electron chi connectivity index (χ4n) is 2.08. The SMILES string of the molecule is CC1CCCCN1Cc1cc(C(=O)O)no1. The van der Waals surface area contributed by atoms with Gasteiger partial charge in [-0.3, -0.25) is 4.90 Å². The lowest BCUT2D eigenvalue weighted by atomic mass is 10.0. The highest BCUT2D eigenvalue weighted by Gasteiger charge is 2.20. The fourth-order valence-corrected chi connectivity index (χ4v) is 2.08. The first kappa shape index (κ1) is 11.1. The molecular formula is C11H16N2O3. The Bertz CT molecular complexity index is 375. The molecule has 1 atom stereocenters. The molecule has 0 saturated carbocycles. The highest BCUT2D eigenvalue weighted by molar-refractivity contribution is 5.85. The van der Waals surface area contributed by atoms with E-state index in [-0.39, 0.29) is 5.69 Å². The van der Waals surface area contributed by atoms with Crippen LogP contribution in [-0.4, -0.2) is 33.7 Å². The highest BCUT2D eigenvalue weighted by Crippen LogP contribution is 2.19. The second-order valence-electron chi connectivity index (χ2n) is 4.30. The molecule has 0 spiro atoms. The Morgan fingerprint density at radius 1 is 1.69 bits per heavy atom. The molecule has 16 heavy (non-hydrogen) atoms. The van der Waals surface area contributed by atoms with Crippen LogP contribution in [0, 0.1) is 0 Å². The van der Waals surface area contributed by atoms with Gasteiger partial charge in [-0.15, -0.1) is 0 Å². The van der Waals surface area contributed by atoms with Crippen molar-refractivity contribution in [3.8, 4) is 0 Å². The van der Waals surface area contributed by atoms with Gasteiger partial charge in [-0.05, 0) is 26.3 Å². The minimum absolute atomic E-state index is 0.0142. The summed E-state index contributed by atoms with van der Waals surface area (Å²) < 4.78 is 5.00. The maximum Gasteiger partial charge on any atom is 0.358 e. The van der Waals surface area contributed by atoms with E-state index in [1.165, 1.54) is 25.3 Å². The Labute approximate surface area is 94.0 Å². The molecule has 1 saturated heterocycles. The van der Waals surface area contributed by atoms with Crippen LogP contribution in [0.3, 0.4) is 0 Å². The molecule has 0 bridgehead atoms. The molecule has 1 aromatic heterocycles. The zero-order chi connectivity index (χ0) is 11.5. The number of nitrogens with zero attached hydrogens (tertiary/aromatic N) is 2. The monoisotopic (exact) mass is 224 g/mol. The second-order valence-corrected chi connectivity index (χ2v) is 4.30. The Kier molecular flexibility index (Phi) is 3.24. The van der Waals surface area contributed by atoms with E-state index in [0.717, 1.165) is 6.54 Å². The van der Waals surface area contributed by atoms with Gasteiger partial charge in [0.05, 0.1) is 6.54 Å². The lowest BCUT2D eigenvalue weighted by Gasteiger charge is -2.32. The predicted molar refractivity (Wildman–Crippen MR) is 57.2 cm³/mol. The number of piperidine rings is 1. The third kappa shape index (κ3) is 2.41. The summed E-state index contributed by atoms with van der Waals surface area (Å²) in [5.74, 6) is -0.409. The molecule has 0 amide bonds. The van der Waals surface area contributed by atoms with E-state index in [1.54, 1.807) is 0 Å². The molecule has 0 aliphatic carbocycles. The van der Waals surface area contributed by atoms with Crippen molar-refractivity contribution >= 4 is 5.97 Å². The smallest absolute Gasteiger partial charge is 0.358 e. The quantitative estimate of drug-likeness (QED) is 0.847. The van der Waals surface area contributed by atoms with Gasteiger partial charge in [-0.25, -0.2) is 4.79 Å². The molecule has 1 aliphatic rings. The van der Waals surface area contributed by atoms with E-state index < -0.39 is 5.97 Å². The van der Waals surface area contributed by atoms with E-state index in [1.807, 2.05) is 0 Å². The molecule has 1 aliphatic heterocycles. The van der Waals surface area contributed by atoms with Gasteiger partial charge in [0.25, 0.3) is 0 Å². The molecule has 2 rings (SSSR count). The number of hydrogen-bond donors (Lipinski definition) is 1. The summed E-state index contributed by atoms with van der Waals surface area (Å²) in [6.07, 6.45) is 3.67. The predicted octanol–water partition coefficient (Wildman–Crippen LogP) is 1.75. The van der Waals surface area contributed by atoms with Crippen molar-refractivity contribution in [2.45, 2.75) is 38.8 Å². The number of rotatable bonds is 3. The normalized spacial score (nSPS) is 22.2. The van der Waals surface area contributed by atoms with Crippen LogP contribution in [0.15, 0.2) is 10.6 Å². The van der Waals surface area contributed by atoms with Gasteiger partial charge < -0.3 is 9.63 Å². The van der Waals surface area contributed by atoms with E-state index >= 15 is 0 Å². The lowest BCUT2D eigenvalue weighted by Crippen LogP contribution is -2.36. The molecule has 1 aromatic rings. The molecule has 88 valence electrons. The van der Waals surface area contributed by atoms with Crippen LogP contribution in [0.4, 0.5) is 0 Å². The fraction of sp³-hybridized carbons (Fsp3) is 0.636. The minimum Gasteiger partial charge on any atom is -0.476 e. The van der Waals surface area contributed by atoms with Gasteiger partial charge in [0, 0.05) is 12.1 Å². The van der Waals surface area contributed by atoms with E-state index in [9.17, 15) is 4.79 Å². The lowest BCUT2D eigenvalue weighted by molar-refractivity contribution is 0.0685. The maximum atomic E-state index is 10.6. The minimum atomic E-state index is -1.04. The first-order chi connectivity index (χ1) is 7.66. The Hall–Kier alpha value is -1.36. The van der Waals surface area contributed by atoms with Crippen LogP contribution >= 0.6 is 0 Å². The summed E-state index contributed by atoms with van der Waals surface area (Å²) in [6.45, 7) is 3.89. The summed E-state index contributed by atoms with van der Waals surface area (Å²) in [5, 5.41) is 12.2. The van der Waals surface area contributed by atoms with Crippen LogP contribution in [-0.2, 0) is 6.54 Å². The van der Waals surface area contributed by atoms with Gasteiger partial charge >= 0.3 is 5.97 Å². The number of aromatic nitrogens is 1. The summed E-state index contributed by atoms with van der Waals surface area (Å²) in [7, 11) is 0. The van der Waals surface area contributed by atoms with E-state index in [4.69, 9.17) is 9.63 Å².